The fourth-order valence-electron chi connectivity index (χ4n) is 0.815. The summed E-state index contributed by atoms with van der Waals surface area (Å²) in [5.74, 6) is -3.25. The van der Waals surface area contributed by atoms with Crippen molar-refractivity contribution in [2.75, 3.05) is 6.61 Å². The SMILES string of the molecule is O=C1O[C@@H]([C@H](O)CO)C(O)=C1[O-]. The quantitative estimate of drug-likeness (QED) is 0.397. The highest BCUT2D eigenvalue weighted by Gasteiger charge is 2.34. The Balaban J connectivity index is 2.80. The summed E-state index contributed by atoms with van der Waals surface area (Å²) in [7, 11) is 0. The lowest BCUT2D eigenvalue weighted by Crippen LogP contribution is -2.31. The van der Waals surface area contributed by atoms with E-state index in [0.29, 0.717) is 0 Å². The first-order valence-corrected chi connectivity index (χ1v) is 3.18. The largest absolute Gasteiger partial charge is 0.865 e. The number of carbonyl (C=O) groups excluding carboxylic acids is 1. The van der Waals surface area contributed by atoms with Gasteiger partial charge in [0.25, 0.3) is 0 Å². The maximum atomic E-state index is 10.6. The van der Waals surface area contributed by atoms with Gasteiger partial charge in [-0.1, -0.05) is 0 Å². The predicted molar refractivity (Wildman–Crippen MR) is 32.6 cm³/mol. The van der Waals surface area contributed by atoms with Crippen molar-refractivity contribution < 1.29 is 30.0 Å². The average Bonchev–Trinajstić information content (AvgIpc) is 2.32. The molecule has 0 unspecified atom stereocenters. The van der Waals surface area contributed by atoms with Gasteiger partial charge in [0, 0.05) is 5.76 Å². The molecule has 0 saturated heterocycles. The van der Waals surface area contributed by atoms with Gasteiger partial charge < -0.3 is 25.2 Å². The minimum Gasteiger partial charge on any atom is -0.865 e. The molecular formula is C6H7O6-. The summed E-state index contributed by atoms with van der Waals surface area (Å²) in [6, 6.07) is 0. The minimum absolute atomic E-state index is 0.699. The Morgan fingerprint density at radius 3 is 2.58 bits per heavy atom. The van der Waals surface area contributed by atoms with Crippen LogP contribution < -0.4 is 5.11 Å². The number of carbonyl (C=O) groups is 1. The second kappa shape index (κ2) is 3.00. The van der Waals surface area contributed by atoms with Crippen molar-refractivity contribution in [2.45, 2.75) is 12.2 Å². The van der Waals surface area contributed by atoms with Crippen molar-refractivity contribution >= 4 is 5.97 Å². The molecule has 6 heteroatoms. The molecule has 0 aromatic heterocycles. The molecule has 0 saturated carbocycles. The molecule has 0 aromatic carbocycles. The van der Waals surface area contributed by atoms with Crippen molar-refractivity contribution in [3.05, 3.63) is 11.5 Å². The third-order valence-electron chi connectivity index (χ3n) is 1.46. The molecule has 1 heterocycles. The van der Waals surface area contributed by atoms with Gasteiger partial charge in [0.05, 0.1) is 6.61 Å². The third-order valence-corrected chi connectivity index (χ3v) is 1.46. The van der Waals surface area contributed by atoms with Gasteiger partial charge in [-0.05, 0) is 0 Å². The highest BCUT2D eigenvalue weighted by Crippen LogP contribution is 2.19. The van der Waals surface area contributed by atoms with E-state index in [1.54, 1.807) is 0 Å². The molecule has 1 aliphatic heterocycles. The van der Waals surface area contributed by atoms with Gasteiger partial charge in [0.2, 0.25) is 0 Å². The number of hydrogen-bond donors (Lipinski definition) is 3. The van der Waals surface area contributed by atoms with Crippen LogP contribution in [-0.4, -0.2) is 40.1 Å². The molecule has 0 aliphatic carbocycles. The molecule has 0 radical (unpaired) electrons. The second-order valence-corrected chi connectivity index (χ2v) is 2.29. The number of cyclic esters (lactones) is 1. The zero-order valence-electron chi connectivity index (χ0n) is 5.93. The van der Waals surface area contributed by atoms with Gasteiger partial charge in [0.15, 0.2) is 6.10 Å². The van der Waals surface area contributed by atoms with Crippen molar-refractivity contribution in [1.82, 2.24) is 0 Å². The van der Waals surface area contributed by atoms with Crippen molar-refractivity contribution in [2.24, 2.45) is 0 Å². The van der Waals surface area contributed by atoms with Crippen molar-refractivity contribution in [3.8, 4) is 0 Å². The maximum absolute atomic E-state index is 10.6. The van der Waals surface area contributed by atoms with Gasteiger partial charge >= 0.3 is 5.97 Å². The smallest absolute Gasteiger partial charge is 0.327 e. The summed E-state index contributed by atoms with van der Waals surface area (Å²) < 4.78 is 4.25. The summed E-state index contributed by atoms with van der Waals surface area (Å²) in [5, 5.41) is 36.8. The summed E-state index contributed by atoms with van der Waals surface area (Å²) >= 11 is 0. The molecule has 68 valence electrons. The number of rotatable bonds is 2. The van der Waals surface area contributed by atoms with Crippen LogP contribution in [0.15, 0.2) is 11.5 Å². The van der Waals surface area contributed by atoms with Crippen molar-refractivity contribution in [3.63, 3.8) is 0 Å². The highest BCUT2D eigenvalue weighted by molar-refractivity contribution is 5.88. The summed E-state index contributed by atoms with van der Waals surface area (Å²) in [6.45, 7) is -0.699. The van der Waals surface area contributed by atoms with Crippen LogP contribution >= 0.6 is 0 Å². The molecule has 0 fully saturated rings. The predicted octanol–water partition coefficient (Wildman–Crippen LogP) is -2.61. The standard InChI is InChI=1S/C6H8O6/c7-1-2(8)5-3(9)4(10)6(11)12-5/h2,5,7-10H,1H2/p-1/t2-,5+/m1/s1. The fraction of sp³-hybridized carbons (Fsp3) is 0.500. The van der Waals surface area contributed by atoms with Gasteiger partial charge in [-0.2, -0.15) is 0 Å². The van der Waals surface area contributed by atoms with E-state index in [-0.39, 0.29) is 0 Å². The molecular weight excluding hydrogens is 168 g/mol. The molecule has 6 nitrogen and oxygen atoms in total. The molecule has 1 aliphatic rings. The first-order chi connectivity index (χ1) is 5.57. The molecule has 0 bridgehead atoms. The Kier molecular flexibility index (Phi) is 2.20. The Morgan fingerprint density at radius 1 is 1.67 bits per heavy atom. The highest BCUT2D eigenvalue weighted by atomic mass is 16.6. The van der Waals surface area contributed by atoms with Crippen LogP contribution in [0.1, 0.15) is 0 Å². The van der Waals surface area contributed by atoms with E-state index in [1.807, 2.05) is 0 Å². The number of aliphatic hydroxyl groups excluding tert-OH is 3. The van der Waals surface area contributed by atoms with Crippen LogP contribution in [0.4, 0.5) is 0 Å². The Hall–Kier alpha value is -1.27. The van der Waals surface area contributed by atoms with E-state index in [9.17, 15) is 9.90 Å². The zero-order chi connectivity index (χ0) is 9.30. The Labute approximate surface area is 67.3 Å². The van der Waals surface area contributed by atoms with Gasteiger partial charge in [-0.3, -0.25) is 0 Å². The number of ether oxygens (including phenoxy) is 1. The third kappa shape index (κ3) is 1.21. The molecule has 12 heavy (non-hydrogen) atoms. The van der Waals surface area contributed by atoms with E-state index in [2.05, 4.69) is 4.74 Å². The van der Waals surface area contributed by atoms with Crippen LogP contribution in [0.2, 0.25) is 0 Å². The van der Waals surface area contributed by atoms with E-state index in [4.69, 9.17) is 15.3 Å². The molecule has 0 amide bonds. The Bertz CT molecular complexity index is 232. The van der Waals surface area contributed by atoms with Crippen LogP contribution in [0.25, 0.3) is 0 Å². The number of esters is 1. The lowest BCUT2D eigenvalue weighted by molar-refractivity contribution is -0.303. The molecule has 1 rings (SSSR count). The van der Waals surface area contributed by atoms with Gasteiger partial charge in [0.1, 0.15) is 11.9 Å². The number of hydrogen-bond acceptors (Lipinski definition) is 6. The minimum atomic E-state index is -1.46. The monoisotopic (exact) mass is 175 g/mol. The van der Waals surface area contributed by atoms with E-state index >= 15 is 0 Å². The van der Waals surface area contributed by atoms with Crippen LogP contribution in [0.5, 0.6) is 0 Å². The molecule has 0 spiro atoms. The first-order valence-electron chi connectivity index (χ1n) is 3.18. The van der Waals surface area contributed by atoms with Gasteiger partial charge in [-0.15, -0.1) is 0 Å². The first kappa shape index (κ1) is 8.82. The van der Waals surface area contributed by atoms with E-state index in [1.165, 1.54) is 0 Å². The zero-order valence-corrected chi connectivity index (χ0v) is 5.93. The van der Waals surface area contributed by atoms with Crippen LogP contribution in [-0.2, 0) is 9.53 Å². The molecule has 2 atom stereocenters. The topological polar surface area (TPSA) is 110 Å². The van der Waals surface area contributed by atoms with Crippen LogP contribution in [0, 0.1) is 0 Å². The molecule has 0 aromatic rings. The van der Waals surface area contributed by atoms with Crippen LogP contribution in [0.3, 0.4) is 0 Å². The lowest BCUT2D eigenvalue weighted by atomic mass is 10.2. The maximum Gasteiger partial charge on any atom is 0.327 e. The van der Waals surface area contributed by atoms with Crippen molar-refractivity contribution in [1.29, 1.82) is 0 Å². The van der Waals surface area contributed by atoms with E-state index < -0.39 is 36.3 Å². The Morgan fingerprint density at radius 2 is 2.25 bits per heavy atom. The summed E-state index contributed by atoms with van der Waals surface area (Å²) in [5.41, 5.74) is 0. The summed E-state index contributed by atoms with van der Waals surface area (Å²) in [4.78, 5) is 10.5. The fourth-order valence-corrected chi connectivity index (χ4v) is 0.815. The van der Waals surface area contributed by atoms with E-state index in [0.717, 1.165) is 0 Å². The number of aliphatic hydroxyl groups is 3. The second-order valence-electron chi connectivity index (χ2n) is 2.29. The average molecular weight is 175 g/mol. The van der Waals surface area contributed by atoms with Gasteiger partial charge in [-0.25, -0.2) is 4.79 Å². The normalized spacial score (nSPS) is 25.8. The molecule has 3 N–H and O–H groups in total. The lowest BCUT2D eigenvalue weighted by Gasteiger charge is -2.14. The summed E-state index contributed by atoms with van der Waals surface area (Å²) in [6.07, 6.45) is -2.88.